The summed E-state index contributed by atoms with van der Waals surface area (Å²) in [7, 11) is 0. The van der Waals surface area contributed by atoms with Crippen molar-refractivity contribution in [2.24, 2.45) is 0 Å². The maximum atomic E-state index is 10.4. The van der Waals surface area contributed by atoms with Crippen LogP contribution >= 0.6 is 0 Å². The number of nitrogens with one attached hydrogen (secondary N) is 1. The summed E-state index contributed by atoms with van der Waals surface area (Å²) < 4.78 is 0. The summed E-state index contributed by atoms with van der Waals surface area (Å²) in [6.45, 7) is 4.00. The summed E-state index contributed by atoms with van der Waals surface area (Å²) >= 11 is 0. The first kappa shape index (κ1) is 8.75. The summed E-state index contributed by atoms with van der Waals surface area (Å²) in [6, 6.07) is 3.23. The van der Waals surface area contributed by atoms with Crippen LogP contribution in [0.3, 0.4) is 0 Å². The van der Waals surface area contributed by atoms with Gasteiger partial charge in [-0.2, -0.15) is 0 Å². The van der Waals surface area contributed by atoms with Gasteiger partial charge in [-0.3, -0.25) is 4.79 Å². The van der Waals surface area contributed by atoms with Crippen molar-refractivity contribution in [2.75, 3.05) is 5.73 Å². The van der Waals surface area contributed by atoms with Crippen molar-refractivity contribution in [1.82, 2.24) is 4.98 Å². The van der Waals surface area contributed by atoms with E-state index in [1.54, 1.807) is 18.3 Å². The van der Waals surface area contributed by atoms with Crippen LogP contribution < -0.4 is 11.3 Å². The number of nitrogen functional groups attached to an aromatic ring is 1. The Hall–Kier alpha value is -1.25. The van der Waals surface area contributed by atoms with Crippen LogP contribution in [-0.2, 0) is 0 Å². The molecule has 1 heterocycles. The van der Waals surface area contributed by atoms with E-state index in [-0.39, 0.29) is 12.7 Å². The van der Waals surface area contributed by atoms with Gasteiger partial charge in [-0.1, -0.05) is 13.8 Å². The Bertz CT molecular complexity index is 234. The van der Waals surface area contributed by atoms with Gasteiger partial charge in [0.15, 0.2) is 0 Å². The Morgan fingerprint density at radius 1 is 1.60 bits per heavy atom. The van der Waals surface area contributed by atoms with Gasteiger partial charge >= 0.3 is 0 Å². The number of hydrogen-bond donors (Lipinski definition) is 2. The Labute approximate surface area is 61.4 Å². The molecule has 0 bridgehead atoms. The largest absolute Gasteiger partial charge is 0.394 e. The van der Waals surface area contributed by atoms with Crippen molar-refractivity contribution in [3.63, 3.8) is 0 Å². The number of hydrogen-bond acceptors (Lipinski definition) is 2. The van der Waals surface area contributed by atoms with Gasteiger partial charge < -0.3 is 10.7 Å². The zero-order valence-corrected chi connectivity index (χ0v) is 6.22. The summed E-state index contributed by atoms with van der Waals surface area (Å²) in [5.74, 6) is 0. The highest BCUT2D eigenvalue weighted by Crippen LogP contribution is 1.84. The smallest absolute Gasteiger partial charge is 0.271 e. The molecule has 1 aromatic rings. The highest BCUT2D eigenvalue weighted by atomic mass is 16.1. The van der Waals surface area contributed by atoms with Gasteiger partial charge in [0.05, 0.1) is 5.69 Å². The molecule has 3 nitrogen and oxygen atoms in total. The number of aromatic amines is 1. The van der Waals surface area contributed by atoms with E-state index >= 15 is 0 Å². The van der Waals surface area contributed by atoms with Gasteiger partial charge in [0.1, 0.15) is 0 Å². The van der Waals surface area contributed by atoms with Gasteiger partial charge in [0.2, 0.25) is 0 Å². The fourth-order valence-corrected chi connectivity index (χ4v) is 0.435. The van der Waals surface area contributed by atoms with Crippen LogP contribution in [0.5, 0.6) is 0 Å². The highest BCUT2D eigenvalue weighted by molar-refractivity contribution is 5.32. The quantitative estimate of drug-likeness (QED) is 0.572. The monoisotopic (exact) mass is 142 g/mol. The Kier molecular flexibility index (Phi) is 4.04. The molecule has 1 aromatic heterocycles. The average Bonchev–Trinajstić information content (AvgIpc) is 2.00. The predicted molar refractivity (Wildman–Crippen MR) is 44.9 cm³/mol. The Morgan fingerprint density at radius 3 is 2.50 bits per heavy atom. The average molecular weight is 142 g/mol. The van der Waals surface area contributed by atoms with Crippen molar-refractivity contribution >= 4 is 5.69 Å². The molecule has 0 aromatic carbocycles. The fraction of sp³-hybridized carbons (Fsp3) is 0.286. The molecule has 0 spiro atoms. The van der Waals surface area contributed by atoms with Gasteiger partial charge in [0, 0.05) is 7.62 Å². The van der Waals surface area contributed by atoms with Gasteiger partial charge in [-0.15, -0.1) is 0 Å². The van der Waals surface area contributed by atoms with Crippen molar-refractivity contribution in [3.8, 4) is 0 Å². The lowest BCUT2D eigenvalue weighted by atomic mass is 10.4. The Balaban J connectivity index is 0. The lowest BCUT2D eigenvalue weighted by Gasteiger charge is -1.84. The van der Waals surface area contributed by atoms with Crippen LogP contribution in [0.25, 0.3) is 0 Å². The summed E-state index contributed by atoms with van der Waals surface area (Å²) in [6.07, 6.45) is 1.54. The second kappa shape index (κ2) is 4.61. The molecule has 0 aliphatic heterocycles. The van der Waals surface area contributed by atoms with Gasteiger partial charge in [-0.25, -0.2) is 0 Å². The molecule has 0 saturated carbocycles. The molecule has 0 fully saturated rings. The van der Waals surface area contributed by atoms with E-state index < -0.39 is 0 Å². The standard InChI is InChI=1S/C5H6N2O.C2H6.H2/c6-4-2-1-3-7-5(4)8;1-2;/h1-3H,6H2,(H,7,8);1-2H3;1H. The SMILES string of the molecule is CC.Nc1ccc[nH]c1=O.[HH]. The zero-order chi connectivity index (χ0) is 7.98. The van der Waals surface area contributed by atoms with E-state index in [0.717, 1.165) is 0 Å². The third-order valence-corrected chi connectivity index (χ3v) is 0.849. The minimum Gasteiger partial charge on any atom is -0.394 e. The fourth-order valence-electron chi connectivity index (χ4n) is 0.435. The molecule has 0 radical (unpaired) electrons. The van der Waals surface area contributed by atoms with Crippen molar-refractivity contribution < 1.29 is 1.43 Å². The molecule has 0 amide bonds. The van der Waals surface area contributed by atoms with Crippen LogP contribution in [0.15, 0.2) is 23.1 Å². The number of nitrogens with two attached hydrogens (primary N) is 1. The number of rotatable bonds is 0. The van der Waals surface area contributed by atoms with Crippen molar-refractivity contribution in [1.29, 1.82) is 0 Å². The van der Waals surface area contributed by atoms with Crippen LogP contribution in [0.4, 0.5) is 5.69 Å². The maximum Gasteiger partial charge on any atom is 0.271 e. The second-order valence-corrected chi connectivity index (χ2v) is 1.45. The van der Waals surface area contributed by atoms with E-state index in [1.807, 2.05) is 13.8 Å². The molecule has 1 rings (SSSR count). The molecule has 0 atom stereocenters. The van der Waals surface area contributed by atoms with Crippen LogP contribution in [0.1, 0.15) is 15.3 Å². The van der Waals surface area contributed by atoms with Crippen LogP contribution in [0.2, 0.25) is 0 Å². The molecule has 58 valence electrons. The molecule has 3 N–H and O–H groups in total. The normalized spacial score (nSPS) is 7.80. The predicted octanol–water partition coefficient (Wildman–Crippen LogP) is 1.23. The van der Waals surface area contributed by atoms with E-state index in [9.17, 15) is 4.79 Å². The lowest BCUT2D eigenvalue weighted by Crippen LogP contribution is -2.08. The minimum atomic E-state index is -0.229. The number of pyridine rings is 1. The van der Waals surface area contributed by atoms with E-state index in [1.165, 1.54) is 0 Å². The van der Waals surface area contributed by atoms with Crippen LogP contribution in [0, 0.1) is 0 Å². The first-order chi connectivity index (χ1) is 4.80. The highest BCUT2D eigenvalue weighted by Gasteiger charge is 1.84. The number of aromatic nitrogens is 1. The molecule has 10 heavy (non-hydrogen) atoms. The first-order valence-corrected chi connectivity index (χ1v) is 3.24. The summed E-state index contributed by atoms with van der Waals surface area (Å²) in [5.41, 5.74) is 5.20. The van der Waals surface area contributed by atoms with Gasteiger partial charge in [0.25, 0.3) is 5.56 Å². The summed E-state index contributed by atoms with van der Waals surface area (Å²) in [5, 5.41) is 0. The van der Waals surface area contributed by atoms with Crippen molar-refractivity contribution in [3.05, 3.63) is 28.7 Å². The molecular weight excluding hydrogens is 128 g/mol. The van der Waals surface area contributed by atoms with Gasteiger partial charge in [-0.05, 0) is 12.1 Å². The molecule has 3 heteroatoms. The lowest BCUT2D eigenvalue weighted by molar-refractivity contribution is 1.24. The second-order valence-electron chi connectivity index (χ2n) is 1.45. The number of H-pyrrole nitrogens is 1. The van der Waals surface area contributed by atoms with Crippen molar-refractivity contribution in [2.45, 2.75) is 13.8 Å². The molecule has 0 aliphatic rings. The minimum absolute atomic E-state index is 0. The molecule has 0 unspecified atom stereocenters. The third kappa shape index (κ3) is 2.35. The Morgan fingerprint density at radius 2 is 2.20 bits per heavy atom. The van der Waals surface area contributed by atoms with E-state index in [2.05, 4.69) is 4.98 Å². The topological polar surface area (TPSA) is 58.9 Å². The van der Waals surface area contributed by atoms with Crippen LogP contribution in [-0.4, -0.2) is 4.98 Å². The molecule has 0 saturated heterocycles. The van der Waals surface area contributed by atoms with E-state index in [0.29, 0.717) is 0 Å². The molecule has 0 aliphatic carbocycles. The zero-order valence-electron chi connectivity index (χ0n) is 6.22. The number of anilines is 1. The maximum absolute atomic E-state index is 10.4. The first-order valence-electron chi connectivity index (χ1n) is 3.24. The summed E-state index contributed by atoms with van der Waals surface area (Å²) in [4.78, 5) is 12.9. The van der Waals surface area contributed by atoms with E-state index in [4.69, 9.17) is 5.73 Å². The molecular formula is C7H14N2O. The third-order valence-electron chi connectivity index (χ3n) is 0.849.